The first-order valence-electron chi connectivity index (χ1n) is 11.9. The third-order valence-corrected chi connectivity index (χ3v) is 5.31. The van der Waals surface area contributed by atoms with Gasteiger partial charge in [0, 0.05) is 6.61 Å². The first-order valence-corrected chi connectivity index (χ1v) is 13.3. The van der Waals surface area contributed by atoms with E-state index in [0.717, 1.165) is 13.0 Å². The Morgan fingerprint density at radius 3 is 1.23 bits per heavy atom. The fourth-order valence-electron chi connectivity index (χ4n) is 3.14. The van der Waals surface area contributed by atoms with Gasteiger partial charge in [0.05, 0.1) is 39.6 Å². The zero-order valence-electron chi connectivity index (χ0n) is 19.2. The molecule has 0 heterocycles. The summed E-state index contributed by atoms with van der Waals surface area (Å²) in [5.41, 5.74) is 0. The summed E-state index contributed by atoms with van der Waals surface area (Å²) in [6, 6.07) is 0. The van der Waals surface area contributed by atoms with Crippen molar-refractivity contribution >= 4 is 10.4 Å². The Labute approximate surface area is 185 Å². The lowest BCUT2D eigenvalue weighted by atomic mass is 10.0. The standard InChI is InChI=1S/C22H46O7S/c1-2-3-4-5-6-7-8-9-10-11-12-13-14-15-16-26-17-18-27-19-20-28-21-22-29-30(23,24)25/h2-22H2,1H3,(H,23,24,25). The Morgan fingerprint density at radius 2 is 0.833 bits per heavy atom. The van der Waals surface area contributed by atoms with Gasteiger partial charge in [-0.15, -0.1) is 0 Å². The van der Waals surface area contributed by atoms with Gasteiger partial charge in [-0.1, -0.05) is 90.4 Å². The summed E-state index contributed by atoms with van der Waals surface area (Å²) in [6.07, 6.45) is 19.0. The molecule has 0 aromatic carbocycles. The average molecular weight is 455 g/mol. The zero-order valence-corrected chi connectivity index (χ0v) is 20.0. The minimum atomic E-state index is -4.38. The molecule has 8 heteroatoms. The molecule has 0 fully saturated rings. The van der Waals surface area contributed by atoms with Crippen LogP contribution in [0.4, 0.5) is 0 Å². The molecule has 30 heavy (non-hydrogen) atoms. The van der Waals surface area contributed by atoms with E-state index in [1.165, 1.54) is 83.5 Å². The molecule has 0 saturated heterocycles. The van der Waals surface area contributed by atoms with Crippen molar-refractivity contribution in [2.75, 3.05) is 46.2 Å². The van der Waals surface area contributed by atoms with Gasteiger partial charge in [-0.05, 0) is 6.42 Å². The Morgan fingerprint density at radius 1 is 0.500 bits per heavy atom. The third-order valence-electron chi connectivity index (χ3n) is 4.85. The highest BCUT2D eigenvalue weighted by molar-refractivity contribution is 7.80. The summed E-state index contributed by atoms with van der Waals surface area (Å²) in [6.45, 7) is 4.77. The minimum Gasteiger partial charge on any atom is -0.379 e. The highest BCUT2D eigenvalue weighted by Crippen LogP contribution is 2.12. The monoisotopic (exact) mass is 454 g/mol. The van der Waals surface area contributed by atoms with Crippen LogP contribution in [0, 0.1) is 0 Å². The van der Waals surface area contributed by atoms with Crippen LogP contribution in [0.5, 0.6) is 0 Å². The maximum Gasteiger partial charge on any atom is 0.397 e. The number of rotatable bonds is 25. The topological polar surface area (TPSA) is 91.3 Å². The molecule has 182 valence electrons. The second-order valence-corrected chi connectivity index (χ2v) is 8.77. The second-order valence-electron chi connectivity index (χ2n) is 7.68. The summed E-state index contributed by atoms with van der Waals surface area (Å²) < 4.78 is 49.0. The normalized spacial score (nSPS) is 11.9. The maximum atomic E-state index is 10.3. The number of hydrogen-bond donors (Lipinski definition) is 1. The lowest BCUT2D eigenvalue weighted by molar-refractivity contribution is 0.00854. The molecule has 0 rings (SSSR count). The second kappa shape index (κ2) is 23.4. The van der Waals surface area contributed by atoms with Gasteiger partial charge >= 0.3 is 10.4 Å². The van der Waals surface area contributed by atoms with Gasteiger partial charge in [0.15, 0.2) is 0 Å². The van der Waals surface area contributed by atoms with Crippen molar-refractivity contribution in [3.63, 3.8) is 0 Å². The van der Waals surface area contributed by atoms with E-state index in [1.807, 2.05) is 0 Å². The molecule has 0 saturated carbocycles. The van der Waals surface area contributed by atoms with Crippen LogP contribution < -0.4 is 0 Å². The van der Waals surface area contributed by atoms with Crippen molar-refractivity contribution < 1.29 is 31.4 Å². The largest absolute Gasteiger partial charge is 0.397 e. The van der Waals surface area contributed by atoms with Crippen LogP contribution in [0.25, 0.3) is 0 Å². The van der Waals surface area contributed by atoms with Crippen LogP contribution in [-0.2, 0) is 28.8 Å². The highest BCUT2D eigenvalue weighted by atomic mass is 32.3. The number of ether oxygens (including phenoxy) is 3. The first-order chi connectivity index (χ1) is 14.6. The van der Waals surface area contributed by atoms with E-state index < -0.39 is 10.4 Å². The fourth-order valence-corrected chi connectivity index (χ4v) is 3.42. The molecular formula is C22H46O7S. The average Bonchev–Trinajstić information content (AvgIpc) is 2.70. The molecule has 0 unspecified atom stereocenters. The first kappa shape index (κ1) is 29.8. The van der Waals surface area contributed by atoms with Crippen LogP contribution in [0.2, 0.25) is 0 Å². The van der Waals surface area contributed by atoms with Crippen LogP contribution in [0.1, 0.15) is 96.8 Å². The Bertz CT molecular complexity index is 429. The molecule has 0 aromatic heterocycles. The van der Waals surface area contributed by atoms with Crippen LogP contribution in [0.15, 0.2) is 0 Å². The van der Waals surface area contributed by atoms with E-state index in [0.29, 0.717) is 26.4 Å². The van der Waals surface area contributed by atoms with Crippen molar-refractivity contribution in [1.82, 2.24) is 0 Å². The van der Waals surface area contributed by atoms with Gasteiger partial charge in [-0.2, -0.15) is 8.42 Å². The quantitative estimate of drug-likeness (QED) is 0.147. The van der Waals surface area contributed by atoms with Gasteiger partial charge in [-0.25, -0.2) is 4.18 Å². The van der Waals surface area contributed by atoms with E-state index in [4.69, 9.17) is 18.8 Å². The van der Waals surface area contributed by atoms with E-state index in [-0.39, 0.29) is 13.2 Å². The van der Waals surface area contributed by atoms with Crippen molar-refractivity contribution in [3.05, 3.63) is 0 Å². The molecule has 0 aromatic rings. The van der Waals surface area contributed by atoms with Gasteiger partial charge in [0.2, 0.25) is 0 Å². The van der Waals surface area contributed by atoms with E-state index in [1.54, 1.807) is 0 Å². The number of hydrogen-bond acceptors (Lipinski definition) is 6. The summed E-state index contributed by atoms with van der Waals surface area (Å²) in [5.74, 6) is 0. The molecular weight excluding hydrogens is 408 g/mol. The van der Waals surface area contributed by atoms with E-state index in [2.05, 4.69) is 11.1 Å². The minimum absolute atomic E-state index is 0.0821. The van der Waals surface area contributed by atoms with Crippen molar-refractivity contribution in [3.8, 4) is 0 Å². The van der Waals surface area contributed by atoms with E-state index in [9.17, 15) is 8.42 Å². The van der Waals surface area contributed by atoms with Crippen LogP contribution in [0.3, 0.4) is 0 Å². The molecule has 0 aliphatic carbocycles. The van der Waals surface area contributed by atoms with Crippen LogP contribution >= 0.6 is 0 Å². The zero-order chi connectivity index (χ0) is 22.2. The van der Waals surface area contributed by atoms with E-state index >= 15 is 0 Å². The summed E-state index contributed by atoms with van der Waals surface area (Å²) in [7, 11) is -4.38. The predicted molar refractivity (Wildman–Crippen MR) is 120 cm³/mol. The lowest BCUT2D eigenvalue weighted by Crippen LogP contribution is -2.13. The number of unbranched alkanes of at least 4 members (excludes halogenated alkanes) is 13. The van der Waals surface area contributed by atoms with Crippen LogP contribution in [-0.4, -0.2) is 59.2 Å². The summed E-state index contributed by atoms with van der Waals surface area (Å²) in [5, 5.41) is 0. The maximum absolute atomic E-state index is 10.3. The fraction of sp³-hybridized carbons (Fsp3) is 1.00. The molecule has 1 N–H and O–H groups in total. The predicted octanol–water partition coefficient (Wildman–Crippen LogP) is 5.34. The third kappa shape index (κ3) is 27.8. The van der Waals surface area contributed by atoms with Gasteiger partial charge in [0.1, 0.15) is 0 Å². The Balaban J connectivity index is 3.03. The van der Waals surface area contributed by atoms with Gasteiger partial charge in [-0.3, -0.25) is 4.55 Å². The van der Waals surface area contributed by atoms with Crippen molar-refractivity contribution in [2.45, 2.75) is 96.8 Å². The van der Waals surface area contributed by atoms with Crippen molar-refractivity contribution in [2.24, 2.45) is 0 Å². The molecule has 0 aliphatic heterocycles. The molecule has 0 aliphatic rings. The van der Waals surface area contributed by atoms with Crippen molar-refractivity contribution in [1.29, 1.82) is 0 Å². The molecule has 7 nitrogen and oxygen atoms in total. The lowest BCUT2D eigenvalue weighted by Gasteiger charge is -2.07. The molecule has 0 atom stereocenters. The smallest absolute Gasteiger partial charge is 0.379 e. The Kier molecular flexibility index (Phi) is 23.2. The molecule has 0 radical (unpaired) electrons. The summed E-state index contributed by atoms with van der Waals surface area (Å²) >= 11 is 0. The molecule has 0 amide bonds. The Hall–Kier alpha value is -0.250. The SMILES string of the molecule is CCCCCCCCCCCCCCCCOCCOCCOCCOS(=O)(=O)O. The summed E-state index contributed by atoms with van der Waals surface area (Å²) in [4.78, 5) is 0. The molecule has 0 spiro atoms. The van der Waals surface area contributed by atoms with Gasteiger partial charge < -0.3 is 14.2 Å². The highest BCUT2D eigenvalue weighted by Gasteiger charge is 2.02. The molecule has 0 bridgehead atoms. The van der Waals surface area contributed by atoms with Gasteiger partial charge in [0.25, 0.3) is 0 Å².